The van der Waals surface area contributed by atoms with Crippen molar-refractivity contribution in [1.29, 1.82) is 0 Å². The number of rotatable bonds is 5. The number of benzene rings is 7. The molecule has 0 bridgehead atoms. The smallest absolute Gasteiger partial charge is 0.139 e. The Morgan fingerprint density at radius 3 is 2.00 bits per heavy atom. The minimum atomic E-state index is 0.879. The standard InChI is InChI=1S/C46H31NO2/c1-2-12-30(13-3-1)34-15-6-9-19-41(34)47(33-24-27-44-40(29-33)37-18-8-11-21-43(37)48-44)42-20-10-7-16-35(42)32-23-26-45-39(28-32)38-25-22-31-14-4-5-17-36(31)46(38)49-45/h1-4,6-16,18-29H,5,17H2. The minimum Gasteiger partial charge on any atom is -0.456 e. The molecule has 2 aromatic heterocycles. The van der Waals surface area contributed by atoms with E-state index in [2.05, 4.69) is 157 Å². The van der Waals surface area contributed by atoms with Crippen LogP contribution in [0.4, 0.5) is 17.1 Å². The summed E-state index contributed by atoms with van der Waals surface area (Å²) < 4.78 is 12.8. The van der Waals surface area contributed by atoms with Crippen LogP contribution in [0.1, 0.15) is 17.5 Å². The topological polar surface area (TPSA) is 29.5 Å². The van der Waals surface area contributed by atoms with Gasteiger partial charge in [0.05, 0.1) is 11.4 Å². The molecule has 3 nitrogen and oxygen atoms in total. The molecule has 0 aliphatic heterocycles. The van der Waals surface area contributed by atoms with Crippen LogP contribution in [0.2, 0.25) is 0 Å². The third kappa shape index (κ3) is 4.51. The van der Waals surface area contributed by atoms with Gasteiger partial charge in [0.1, 0.15) is 22.3 Å². The fourth-order valence-electron chi connectivity index (χ4n) is 7.63. The first kappa shape index (κ1) is 27.8. The van der Waals surface area contributed by atoms with Crippen molar-refractivity contribution in [2.75, 3.05) is 4.90 Å². The maximum absolute atomic E-state index is 6.54. The highest BCUT2D eigenvalue weighted by molar-refractivity contribution is 6.09. The fraction of sp³-hybridized carbons (Fsp3) is 0.0435. The summed E-state index contributed by atoms with van der Waals surface area (Å²) in [6, 6.07) is 54.0. The van der Waals surface area contributed by atoms with Crippen molar-refractivity contribution >= 4 is 67.0 Å². The highest BCUT2D eigenvalue weighted by Crippen LogP contribution is 2.46. The average Bonchev–Trinajstić information content (AvgIpc) is 3.74. The summed E-state index contributed by atoms with van der Waals surface area (Å²) in [5.41, 5.74) is 14.1. The van der Waals surface area contributed by atoms with E-state index >= 15 is 0 Å². The number of fused-ring (bicyclic) bond motifs is 8. The molecule has 0 atom stereocenters. The summed E-state index contributed by atoms with van der Waals surface area (Å²) in [5, 5.41) is 4.52. The molecule has 0 saturated carbocycles. The lowest BCUT2D eigenvalue weighted by atomic mass is 9.94. The first-order valence-electron chi connectivity index (χ1n) is 16.9. The Kier molecular flexibility index (Phi) is 6.31. The molecule has 232 valence electrons. The number of nitrogens with zero attached hydrogens (tertiary/aromatic N) is 1. The monoisotopic (exact) mass is 629 g/mol. The zero-order valence-electron chi connectivity index (χ0n) is 26.8. The van der Waals surface area contributed by atoms with Gasteiger partial charge in [-0.1, -0.05) is 109 Å². The number of hydrogen-bond acceptors (Lipinski definition) is 3. The maximum atomic E-state index is 6.54. The van der Waals surface area contributed by atoms with E-state index in [1.54, 1.807) is 0 Å². The highest BCUT2D eigenvalue weighted by atomic mass is 16.3. The fourth-order valence-corrected chi connectivity index (χ4v) is 7.63. The van der Waals surface area contributed by atoms with E-state index in [4.69, 9.17) is 8.83 Å². The third-order valence-electron chi connectivity index (χ3n) is 9.94. The molecule has 3 heteroatoms. The van der Waals surface area contributed by atoms with Gasteiger partial charge in [-0.2, -0.15) is 0 Å². The second-order valence-corrected chi connectivity index (χ2v) is 12.8. The molecule has 2 heterocycles. The summed E-state index contributed by atoms with van der Waals surface area (Å²) in [6.07, 6.45) is 6.52. The summed E-state index contributed by atoms with van der Waals surface area (Å²) >= 11 is 0. The van der Waals surface area contributed by atoms with Gasteiger partial charge in [-0.3, -0.25) is 0 Å². The van der Waals surface area contributed by atoms with Crippen LogP contribution in [0.15, 0.2) is 167 Å². The van der Waals surface area contributed by atoms with Gasteiger partial charge in [0.15, 0.2) is 0 Å². The van der Waals surface area contributed by atoms with Gasteiger partial charge in [0.2, 0.25) is 0 Å². The molecule has 0 radical (unpaired) electrons. The lowest BCUT2D eigenvalue weighted by Gasteiger charge is -2.30. The van der Waals surface area contributed by atoms with E-state index in [9.17, 15) is 0 Å². The lowest BCUT2D eigenvalue weighted by molar-refractivity contribution is 0.661. The van der Waals surface area contributed by atoms with Crippen LogP contribution in [0.5, 0.6) is 0 Å². The van der Waals surface area contributed by atoms with Crippen LogP contribution in [0.3, 0.4) is 0 Å². The van der Waals surface area contributed by atoms with Crippen LogP contribution >= 0.6 is 0 Å². The molecular weight excluding hydrogens is 599 g/mol. The highest BCUT2D eigenvalue weighted by Gasteiger charge is 2.22. The molecule has 0 saturated heterocycles. The van der Waals surface area contributed by atoms with Gasteiger partial charge in [-0.15, -0.1) is 0 Å². The van der Waals surface area contributed by atoms with Gasteiger partial charge in [0, 0.05) is 43.9 Å². The zero-order chi connectivity index (χ0) is 32.3. The van der Waals surface area contributed by atoms with Gasteiger partial charge in [0.25, 0.3) is 0 Å². The molecule has 0 N–H and O–H groups in total. The molecule has 0 spiro atoms. The van der Waals surface area contributed by atoms with Crippen molar-refractivity contribution < 1.29 is 8.83 Å². The molecule has 49 heavy (non-hydrogen) atoms. The average molecular weight is 630 g/mol. The third-order valence-corrected chi connectivity index (χ3v) is 9.94. The van der Waals surface area contributed by atoms with E-state index in [0.29, 0.717) is 0 Å². The number of hydrogen-bond donors (Lipinski definition) is 0. The Labute approximate surface area is 283 Å². The normalized spacial score (nSPS) is 12.7. The lowest BCUT2D eigenvalue weighted by Crippen LogP contribution is -2.12. The molecule has 10 rings (SSSR count). The molecule has 9 aromatic rings. The molecular formula is C46H31NO2. The molecule has 0 unspecified atom stereocenters. The zero-order valence-corrected chi connectivity index (χ0v) is 26.8. The maximum Gasteiger partial charge on any atom is 0.139 e. The predicted molar refractivity (Wildman–Crippen MR) is 204 cm³/mol. The Hall–Kier alpha value is -6.32. The van der Waals surface area contributed by atoms with E-state index in [0.717, 1.165) is 85.1 Å². The summed E-state index contributed by atoms with van der Waals surface area (Å²) in [5.74, 6) is 0. The molecule has 0 amide bonds. The Morgan fingerprint density at radius 2 is 1.14 bits per heavy atom. The van der Waals surface area contributed by atoms with Crippen molar-refractivity contribution in [2.24, 2.45) is 0 Å². The number of aryl methyl sites for hydroxylation is 1. The van der Waals surface area contributed by atoms with Crippen molar-refractivity contribution in [3.8, 4) is 22.3 Å². The summed E-state index contributed by atoms with van der Waals surface area (Å²) in [6.45, 7) is 0. The molecule has 1 aliphatic carbocycles. The Morgan fingerprint density at radius 1 is 0.469 bits per heavy atom. The van der Waals surface area contributed by atoms with E-state index in [-0.39, 0.29) is 0 Å². The van der Waals surface area contributed by atoms with Crippen LogP contribution in [-0.2, 0) is 6.42 Å². The minimum absolute atomic E-state index is 0.879. The second kappa shape index (κ2) is 11.1. The van der Waals surface area contributed by atoms with Crippen LogP contribution in [-0.4, -0.2) is 0 Å². The van der Waals surface area contributed by atoms with Gasteiger partial charge < -0.3 is 13.7 Å². The van der Waals surface area contributed by atoms with Crippen molar-refractivity contribution in [1.82, 2.24) is 0 Å². The van der Waals surface area contributed by atoms with Crippen LogP contribution in [0.25, 0.3) is 72.2 Å². The predicted octanol–water partition coefficient (Wildman–Crippen LogP) is 13.2. The molecule has 7 aromatic carbocycles. The SMILES string of the molecule is C1=Cc2ccc3c(oc4ccc(-c5ccccc5N(c5ccc6oc7ccccc7c6c5)c5ccccc5-c5ccccc5)cc43)c2CC1. The Bertz CT molecular complexity index is 2730. The number of anilines is 3. The Balaban J connectivity index is 1.21. The summed E-state index contributed by atoms with van der Waals surface area (Å²) in [4.78, 5) is 2.40. The van der Waals surface area contributed by atoms with E-state index in [1.807, 2.05) is 12.1 Å². The number of para-hydroxylation sites is 3. The van der Waals surface area contributed by atoms with Crippen molar-refractivity contribution in [3.05, 3.63) is 169 Å². The van der Waals surface area contributed by atoms with Gasteiger partial charge >= 0.3 is 0 Å². The molecule has 0 fully saturated rings. The largest absolute Gasteiger partial charge is 0.456 e. The number of furan rings is 2. The van der Waals surface area contributed by atoms with Crippen molar-refractivity contribution in [2.45, 2.75) is 12.8 Å². The van der Waals surface area contributed by atoms with E-state index in [1.165, 1.54) is 22.1 Å². The quantitative estimate of drug-likeness (QED) is 0.190. The van der Waals surface area contributed by atoms with Crippen molar-refractivity contribution in [3.63, 3.8) is 0 Å². The summed E-state index contributed by atoms with van der Waals surface area (Å²) in [7, 11) is 0. The van der Waals surface area contributed by atoms with Crippen LogP contribution in [0, 0.1) is 0 Å². The molecule has 1 aliphatic rings. The number of allylic oxidation sites excluding steroid dienone is 1. The van der Waals surface area contributed by atoms with Gasteiger partial charge in [-0.05, 0) is 84.1 Å². The first-order chi connectivity index (χ1) is 24.3. The van der Waals surface area contributed by atoms with Gasteiger partial charge in [-0.25, -0.2) is 0 Å². The van der Waals surface area contributed by atoms with E-state index < -0.39 is 0 Å². The second-order valence-electron chi connectivity index (χ2n) is 12.8. The van der Waals surface area contributed by atoms with Crippen LogP contribution < -0.4 is 4.90 Å². The first-order valence-corrected chi connectivity index (χ1v) is 16.9.